The van der Waals surface area contributed by atoms with Crippen LogP contribution in [0.5, 0.6) is 0 Å². The average molecular weight is 194 g/mol. The Labute approximate surface area is 79.8 Å². The van der Waals surface area contributed by atoms with Gasteiger partial charge in [0.05, 0.1) is 12.2 Å². The predicted molar refractivity (Wildman–Crippen MR) is 51.5 cm³/mol. The van der Waals surface area contributed by atoms with Gasteiger partial charge in [-0.15, -0.1) is 11.3 Å². The Morgan fingerprint density at radius 1 is 1.62 bits per heavy atom. The number of rotatable bonds is 2. The molecular weight excluding hydrogens is 184 g/mol. The van der Waals surface area contributed by atoms with Gasteiger partial charge < -0.3 is 5.73 Å². The van der Waals surface area contributed by atoms with Gasteiger partial charge in [-0.1, -0.05) is 0 Å². The van der Waals surface area contributed by atoms with Gasteiger partial charge in [0.25, 0.3) is 0 Å². The summed E-state index contributed by atoms with van der Waals surface area (Å²) in [7, 11) is 0. The first-order valence-corrected chi connectivity index (χ1v) is 4.82. The fourth-order valence-corrected chi connectivity index (χ4v) is 2.14. The second kappa shape index (κ2) is 3.27. The van der Waals surface area contributed by atoms with Crippen molar-refractivity contribution in [2.45, 2.75) is 13.0 Å². The van der Waals surface area contributed by atoms with Gasteiger partial charge in [-0.2, -0.15) is 15.4 Å². The number of hydrogen-bond donors (Lipinski definition) is 2. The zero-order valence-corrected chi connectivity index (χ0v) is 8.01. The molecule has 0 aromatic carbocycles. The zero-order chi connectivity index (χ0) is 9.26. The van der Waals surface area contributed by atoms with E-state index in [-0.39, 0.29) is 6.04 Å². The van der Waals surface area contributed by atoms with Crippen LogP contribution in [0.4, 0.5) is 0 Å². The standard InChI is InChI=1S/C8H10N4S/c1-5-2-3-13-8(5)7(9)6-4-10-12-11-6/h2-4,7H,9H2,1H3,(H,10,11,12). The number of H-pyrrole nitrogens is 1. The summed E-state index contributed by atoms with van der Waals surface area (Å²) in [6.45, 7) is 2.05. The molecule has 5 heteroatoms. The molecule has 13 heavy (non-hydrogen) atoms. The van der Waals surface area contributed by atoms with Crippen LogP contribution in [0, 0.1) is 6.92 Å². The van der Waals surface area contributed by atoms with Crippen molar-refractivity contribution in [2.24, 2.45) is 5.73 Å². The van der Waals surface area contributed by atoms with E-state index in [0.717, 1.165) is 10.6 Å². The predicted octanol–water partition coefficient (Wildman–Crippen LogP) is 1.22. The highest BCUT2D eigenvalue weighted by atomic mass is 32.1. The van der Waals surface area contributed by atoms with Crippen molar-refractivity contribution in [3.63, 3.8) is 0 Å². The molecule has 0 saturated carbocycles. The van der Waals surface area contributed by atoms with Gasteiger partial charge >= 0.3 is 0 Å². The van der Waals surface area contributed by atoms with Gasteiger partial charge in [-0.25, -0.2) is 0 Å². The van der Waals surface area contributed by atoms with Crippen LogP contribution in [0.3, 0.4) is 0 Å². The van der Waals surface area contributed by atoms with E-state index in [1.807, 2.05) is 12.3 Å². The monoisotopic (exact) mass is 194 g/mol. The molecule has 0 aliphatic carbocycles. The lowest BCUT2D eigenvalue weighted by atomic mass is 10.1. The van der Waals surface area contributed by atoms with Gasteiger partial charge in [0.15, 0.2) is 0 Å². The Balaban J connectivity index is 2.33. The summed E-state index contributed by atoms with van der Waals surface area (Å²) < 4.78 is 0. The quantitative estimate of drug-likeness (QED) is 0.755. The topological polar surface area (TPSA) is 67.6 Å². The molecule has 0 spiro atoms. The molecule has 0 saturated heterocycles. The smallest absolute Gasteiger partial charge is 0.104 e. The number of aryl methyl sites for hydroxylation is 1. The minimum Gasteiger partial charge on any atom is -0.318 e. The summed E-state index contributed by atoms with van der Waals surface area (Å²) in [4.78, 5) is 1.15. The molecule has 0 aliphatic rings. The third-order valence-electron chi connectivity index (χ3n) is 1.94. The largest absolute Gasteiger partial charge is 0.318 e. The number of nitrogens with one attached hydrogen (secondary N) is 1. The van der Waals surface area contributed by atoms with Gasteiger partial charge in [0.1, 0.15) is 5.69 Å². The van der Waals surface area contributed by atoms with Crippen LogP contribution in [0.2, 0.25) is 0 Å². The summed E-state index contributed by atoms with van der Waals surface area (Å²) >= 11 is 1.65. The van der Waals surface area contributed by atoms with Crippen molar-refractivity contribution in [3.8, 4) is 0 Å². The molecular formula is C8H10N4S. The van der Waals surface area contributed by atoms with E-state index < -0.39 is 0 Å². The van der Waals surface area contributed by atoms with Gasteiger partial charge in [0.2, 0.25) is 0 Å². The van der Waals surface area contributed by atoms with Crippen molar-refractivity contribution < 1.29 is 0 Å². The summed E-state index contributed by atoms with van der Waals surface area (Å²) in [5.41, 5.74) is 7.99. The summed E-state index contributed by atoms with van der Waals surface area (Å²) in [5.74, 6) is 0. The first-order valence-electron chi connectivity index (χ1n) is 3.94. The fraction of sp³-hybridized carbons (Fsp3) is 0.250. The molecule has 4 nitrogen and oxygen atoms in total. The Bertz CT molecular complexity index is 379. The highest BCUT2D eigenvalue weighted by molar-refractivity contribution is 7.10. The molecule has 0 aliphatic heterocycles. The zero-order valence-electron chi connectivity index (χ0n) is 7.19. The second-order valence-corrected chi connectivity index (χ2v) is 3.79. The van der Waals surface area contributed by atoms with Crippen molar-refractivity contribution in [1.82, 2.24) is 15.4 Å². The number of nitrogens with two attached hydrogens (primary N) is 1. The van der Waals surface area contributed by atoms with Crippen LogP contribution < -0.4 is 5.73 Å². The number of nitrogens with zero attached hydrogens (tertiary/aromatic N) is 2. The van der Waals surface area contributed by atoms with Crippen molar-refractivity contribution in [2.75, 3.05) is 0 Å². The molecule has 0 fully saturated rings. The SMILES string of the molecule is Cc1ccsc1C(N)c1cn[nH]n1. The first-order chi connectivity index (χ1) is 6.29. The lowest BCUT2D eigenvalue weighted by Gasteiger charge is -2.06. The number of hydrogen-bond acceptors (Lipinski definition) is 4. The lowest BCUT2D eigenvalue weighted by molar-refractivity contribution is 0.818. The third kappa shape index (κ3) is 1.48. The molecule has 0 bridgehead atoms. The van der Waals surface area contributed by atoms with Crippen LogP contribution in [-0.2, 0) is 0 Å². The van der Waals surface area contributed by atoms with Crippen molar-refractivity contribution >= 4 is 11.3 Å². The minimum absolute atomic E-state index is 0.154. The molecule has 2 aromatic rings. The van der Waals surface area contributed by atoms with Crippen LogP contribution in [-0.4, -0.2) is 15.4 Å². The first kappa shape index (κ1) is 8.40. The molecule has 0 radical (unpaired) electrons. The molecule has 2 heterocycles. The third-order valence-corrected chi connectivity index (χ3v) is 3.04. The molecule has 1 unspecified atom stereocenters. The maximum atomic E-state index is 5.99. The fourth-order valence-electron chi connectivity index (χ4n) is 1.20. The highest BCUT2D eigenvalue weighted by Crippen LogP contribution is 2.25. The van der Waals surface area contributed by atoms with Crippen molar-refractivity contribution in [1.29, 1.82) is 0 Å². The van der Waals surface area contributed by atoms with Gasteiger partial charge in [-0.3, -0.25) is 0 Å². The summed E-state index contributed by atoms with van der Waals surface area (Å²) in [5, 5.41) is 12.3. The Morgan fingerprint density at radius 3 is 3.00 bits per heavy atom. The molecule has 68 valence electrons. The normalized spacial score (nSPS) is 13.1. The highest BCUT2D eigenvalue weighted by Gasteiger charge is 2.14. The van der Waals surface area contributed by atoms with E-state index >= 15 is 0 Å². The Morgan fingerprint density at radius 2 is 2.46 bits per heavy atom. The molecule has 2 rings (SSSR count). The van der Waals surface area contributed by atoms with E-state index in [9.17, 15) is 0 Å². The lowest BCUT2D eigenvalue weighted by Crippen LogP contribution is -2.11. The minimum atomic E-state index is -0.154. The maximum Gasteiger partial charge on any atom is 0.104 e. The summed E-state index contributed by atoms with van der Waals surface area (Å²) in [6.07, 6.45) is 1.66. The Kier molecular flexibility index (Phi) is 2.12. The summed E-state index contributed by atoms with van der Waals surface area (Å²) in [6, 6.07) is 1.90. The number of thiophene rings is 1. The maximum absolute atomic E-state index is 5.99. The van der Waals surface area contributed by atoms with Crippen LogP contribution in [0.15, 0.2) is 17.6 Å². The van der Waals surface area contributed by atoms with Gasteiger partial charge in [0, 0.05) is 4.88 Å². The van der Waals surface area contributed by atoms with Crippen LogP contribution >= 0.6 is 11.3 Å². The molecule has 3 N–H and O–H groups in total. The van der Waals surface area contributed by atoms with Crippen LogP contribution in [0.25, 0.3) is 0 Å². The molecule has 1 atom stereocenters. The molecule has 2 aromatic heterocycles. The number of aromatic nitrogens is 3. The van der Waals surface area contributed by atoms with E-state index in [1.165, 1.54) is 5.56 Å². The van der Waals surface area contributed by atoms with Gasteiger partial charge in [-0.05, 0) is 23.9 Å². The van der Waals surface area contributed by atoms with E-state index in [1.54, 1.807) is 17.5 Å². The van der Waals surface area contributed by atoms with E-state index in [0.29, 0.717) is 0 Å². The molecule has 0 amide bonds. The van der Waals surface area contributed by atoms with Crippen LogP contribution in [0.1, 0.15) is 22.2 Å². The van der Waals surface area contributed by atoms with E-state index in [2.05, 4.69) is 21.5 Å². The van der Waals surface area contributed by atoms with Crippen molar-refractivity contribution in [3.05, 3.63) is 33.8 Å². The average Bonchev–Trinajstić information content (AvgIpc) is 2.72. The Hall–Kier alpha value is -1.20. The number of aromatic amines is 1. The second-order valence-electron chi connectivity index (χ2n) is 2.84. The van der Waals surface area contributed by atoms with E-state index in [4.69, 9.17) is 5.73 Å².